The highest BCUT2D eigenvalue weighted by atomic mass is 19.2. The predicted octanol–water partition coefficient (Wildman–Crippen LogP) is 1.08. The Morgan fingerprint density at radius 1 is 1.25 bits per heavy atom. The molecule has 2 rings (SSSR count). The largest absolute Gasteiger partial charge is 0.379 e. The number of nitrogens with zero attached hydrogens (tertiary/aromatic N) is 2. The predicted molar refractivity (Wildman–Crippen MR) is 84.5 cm³/mol. The van der Waals surface area contributed by atoms with Crippen molar-refractivity contribution in [2.45, 2.75) is 6.92 Å². The quantitative estimate of drug-likeness (QED) is 0.841. The molecule has 1 aromatic carbocycles. The van der Waals surface area contributed by atoms with E-state index in [9.17, 15) is 18.4 Å². The number of benzene rings is 1. The first-order valence-corrected chi connectivity index (χ1v) is 7.76. The van der Waals surface area contributed by atoms with E-state index in [-0.39, 0.29) is 18.1 Å². The van der Waals surface area contributed by atoms with Crippen LogP contribution in [0.4, 0.5) is 14.5 Å². The standard InChI is InChI=1S/C16H21F2N3O3/c1-12(22)21(5-4-20-6-8-24-9-7-20)11-16(23)19-13-2-3-14(17)15(18)10-13/h2-3,10H,4-9,11H2,1H3,(H,19,23). The Hall–Kier alpha value is -2.06. The van der Waals surface area contributed by atoms with E-state index in [0.29, 0.717) is 26.3 Å². The highest BCUT2D eigenvalue weighted by Gasteiger charge is 2.17. The highest BCUT2D eigenvalue weighted by molar-refractivity contribution is 5.94. The molecular weight excluding hydrogens is 320 g/mol. The minimum absolute atomic E-state index is 0.140. The third-order valence-electron chi connectivity index (χ3n) is 3.77. The molecule has 1 aliphatic rings. The van der Waals surface area contributed by atoms with E-state index in [4.69, 9.17) is 4.74 Å². The lowest BCUT2D eigenvalue weighted by molar-refractivity contribution is -0.133. The number of halogens is 2. The van der Waals surface area contributed by atoms with Crippen LogP contribution in [-0.2, 0) is 14.3 Å². The van der Waals surface area contributed by atoms with Crippen molar-refractivity contribution in [3.63, 3.8) is 0 Å². The molecule has 1 heterocycles. The summed E-state index contributed by atoms with van der Waals surface area (Å²) in [6, 6.07) is 3.10. The average Bonchev–Trinajstić information content (AvgIpc) is 2.55. The normalized spacial score (nSPS) is 15.1. The van der Waals surface area contributed by atoms with Crippen molar-refractivity contribution in [3.05, 3.63) is 29.8 Å². The van der Waals surface area contributed by atoms with Crippen molar-refractivity contribution in [1.29, 1.82) is 0 Å². The van der Waals surface area contributed by atoms with E-state index >= 15 is 0 Å². The van der Waals surface area contributed by atoms with Crippen LogP contribution in [0.1, 0.15) is 6.92 Å². The third-order valence-corrected chi connectivity index (χ3v) is 3.77. The number of nitrogens with one attached hydrogen (secondary N) is 1. The number of carbonyl (C=O) groups excluding carboxylic acids is 2. The second kappa shape index (κ2) is 8.70. The monoisotopic (exact) mass is 341 g/mol. The van der Waals surface area contributed by atoms with Crippen LogP contribution in [0.3, 0.4) is 0 Å². The van der Waals surface area contributed by atoms with E-state index < -0.39 is 17.5 Å². The summed E-state index contributed by atoms with van der Waals surface area (Å²) in [6.07, 6.45) is 0. The highest BCUT2D eigenvalue weighted by Crippen LogP contribution is 2.13. The zero-order valence-corrected chi connectivity index (χ0v) is 13.6. The second-order valence-corrected chi connectivity index (χ2v) is 5.57. The molecule has 0 aliphatic carbocycles. The Morgan fingerprint density at radius 2 is 1.96 bits per heavy atom. The molecule has 0 unspecified atom stereocenters. The number of ether oxygens (including phenoxy) is 1. The molecule has 8 heteroatoms. The van der Waals surface area contributed by atoms with Crippen LogP contribution < -0.4 is 5.32 Å². The summed E-state index contributed by atoms with van der Waals surface area (Å²) in [5.41, 5.74) is 0.149. The SMILES string of the molecule is CC(=O)N(CCN1CCOCC1)CC(=O)Nc1ccc(F)c(F)c1. The number of hydrogen-bond donors (Lipinski definition) is 1. The van der Waals surface area contributed by atoms with Gasteiger partial charge in [0.1, 0.15) is 0 Å². The molecule has 1 aromatic rings. The number of carbonyl (C=O) groups is 2. The first-order valence-electron chi connectivity index (χ1n) is 7.76. The molecule has 0 saturated carbocycles. The second-order valence-electron chi connectivity index (χ2n) is 5.57. The van der Waals surface area contributed by atoms with Gasteiger partial charge in [0.25, 0.3) is 0 Å². The van der Waals surface area contributed by atoms with Crippen LogP contribution >= 0.6 is 0 Å². The minimum atomic E-state index is -1.04. The van der Waals surface area contributed by atoms with Gasteiger partial charge in [-0.05, 0) is 12.1 Å². The Labute approximate surface area is 139 Å². The van der Waals surface area contributed by atoms with Gasteiger partial charge in [0.15, 0.2) is 11.6 Å². The van der Waals surface area contributed by atoms with E-state index in [1.165, 1.54) is 17.9 Å². The minimum Gasteiger partial charge on any atom is -0.379 e. The summed E-state index contributed by atoms with van der Waals surface area (Å²) in [6.45, 7) is 5.25. The Balaban J connectivity index is 1.85. The maximum atomic E-state index is 13.1. The van der Waals surface area contributed by atoms with Gasteiger partial charge >= 0.3 is 0 Å². The van der Waals surface area contributed by atoms with Crippen molar-refractivity contribution in [3.8, 4) is 0 Å². The lowest BCUT2D eigenvalue weighted by Crippen LogP contribution is -2.44. The first-order chi connectivity index (χ1) is 11.5. The summed E-state index contributed by atoms with van der Waals surface area (Å²) >= 11 is 0. The summed E-state index contributed by atoms with van der Waals surface area (Å²) in [5, 5.41) is 2.46. The Morgan fingerprint density at radius 3 is 2.58 bits per heavy atom. The van der Waals surface area contributed by atoms with Gasteiger partial charge in [-0.1, -0.05) is 0 Å². The van der Waals surface area contributed by atoms with Gasteiger partial charge in [0.05, 0.1) is 19.8 Å². The van der Waals surface area contributed by atoms with Gasteiger partial charge in [-0.15, -0.1) is 0 Å². The third kappa shape index (κ3) is 5.54. The molecule has 1 saturated heterocycles. The molecule has 0 spiro atoms. The zero-order chi connectivity index (χ0) is 17.5. The molecule has 132 valence electrons. The average molecular weight is 341 g/mol. The zero-order valence-electron chi connectivity index (χ0n) is 13.6. The topological polar surface area (TPSA) is 61.9 Å². The molecule has 1 fully saturated rings. The Bertz CT molecular complexity index is 592. The number of hydrogen-bond acceptors (Lipinski definition) is 4. The number of morpholine rings is 1. The summed E-state index contributed by atoms with van der Waals surface area (Å²) in [4.78, 5) is 27.3. The Kier molecular flexibility index (Phi) is 6.62. The van der Waals surface area contributed by atoms with Crippen molar-refractivity contribution in [2.75, 3.05) is 51.3 Å². The van der Waals surface area contributed by atoms with Crippen LogP contribution in [-0.4, -0.2) is 67.6 Å². The van der Waals surface area contributed by atoms with Gasteiger partial charge in [-0.25, -0.2) is 8.78 Å². The smallest absolute Gasteiger partial charge is 0.243 e. The molecule has 0 radical (unpaired) electrons. The van der Waals surface area contributed by atoms with Crippen LogP contribution in [0, 0.1) is 11.6 Å². The van der Waals surface area contributed by atoms with E-state index in [1.54, 1.807) is 0 Å². The molecule has 0 aromatic heterocycles. The molecule has 1 N–H and O–H groups in total. The summed E-state index contributed by atoms with van der Waals surface area (Å²) in [5.74, 6) is -2.70. The molecule has 2 amide bonds. The maximum absolute atomic E-state index is 13.1. The van der Waals surface area contributed by atoms with Crippen molar-refractivity contribution < 1.29 is 23.1 Å². The lowest BCUT2D eigenvalue weighted by atomic mass is 10.3. The van der Waals surface area contributed by atoms with Crippen LogP contribution in [0.25, 0.3) is 0 Å². The van der Waals surface area contributed by atoms with E-state index in [0.717, 1.165) is 25.2 Å². The van der Waals surface area contributed by atoms with Gasteiger partial charge in [0, 0.05) is 44.9 Å². The van der Waals surface area contributed by atoms with Gasteiger partial charge in [-0.2, -0.15) is 0 Å². The fourth-order valence-electron chi connectivity index (χ4n) is 2.38. The fourth-order valence-corrected chi connectivity index (χ4v) is 2.38. The van der Waals surface area contributed by atoms with Crippen LogP contribution in [0.2, 0.25) is 0 Å². The van der Waals surface area contributed by atoms with Crippen molar-refractivity contribution in [2.24, 2.45) is 0 Å². The summed E-state index contributed by atoms with van der Waals surface area (Å²) in [7, 11) is 0. The first kappa shape index (κ1) is 18.3. The fraction of sp³-hybridized carbons (Fsp3) is 0.500. The summed E-state index contributed by atoms with van der Waals surface area (Å²) < 4.78 is 31.3. The van der Waals surface area contributed by atoms with Gasteiger partial charge in [-0.3, -0.25) is 14.5 Å². The van der Waals surface area contributed by atoms with Gasteiger partial charge < -0.3 is 15.0 Å². The van der Waals surface area contributed by atoms with E-state index in [2.05, 4.69) is 10.2 Å². The molecule has 0 atom stereocenters. The van der Waals surface area contributed by atoms with Crippen LogP contribution in [0.15, 0.2) is 18.2 Å². The number of amides is 2. The van der Waals surface area contributed by atoms with Crippen LogP contribution in [0.5, 0.6) is 0 Å². The number of anilines is 1. The molecule has 24 heavy (non-hydrogen) atoms. The van der Waals surface area contributed by atoms with Crippen molar-refractivity contribution >= 4 is 17.5 Å². The maximum Gasteiger partial charge on any atom is 0.243 e. The van der Waals surface area contributed by atoms with Crippen molar-refractivity contribution in [1.82, 2.24) is 9.80 Å². The number of rotatable bonds is 6. The molecule has 0 bridgehead atoms. The molecular formula is C16H21F2N3O3. The van der Waals surface area contributed by atoms with E-state index in [1.807, 2.05) is 0 Å². The molecule has 6 nitrogen and oxygen atoms in total. The molecule has 1 aliphatic heterocycles. The lowest BCUT2D eigenvalue weighted by Gasteiger charge is -2.29. The van der Waals surface area contributed by atoms with Gasteiger partial charge in [0.2, 0.25) is 11.8 Å².